The number of carbonyl (C=O) groups is 3. The van der Waals surface area contributed by atoms with Crippen molar-refractivity contribution in [2.24, 2.45) is 0 Å². The Morgan fingerprint density at radius 2 is 1.77 bits per heavy atom. The monoisotopic (exact) mass is 364 g/mol. The summed E-state index contributed by atoms with van der Waals surface area (Å²) < 4.78 is 16.1. The summed E-state index contributed by atoms with van der Waals surface area (Å²) in [4.78, 5) is 35.0. The standard InChI is InChI=1S/C19H24O7/c1-10-5-6-16(24-12(3)21)11(2)7-18-14(8-17(10)25-13(4)22)15(9-20)19(23)26-18/h5,7,16-18,20H,6,8-9H2,1-4H3/b10-5+,11-7?/t16-,17-,18+/m0/s1. The molecule has 0 spiro atoms. The third-order valence-corrected chi connectivity index (χ3v) is 4.48. The lowest BCUT2D eigenvalue weighted by Crippen LogP contribution is -2.25. The van der Waals surface area contributed by atoms with Gasteiger partial charge in [-0.05, 0) is 36.6 Å². The first-order valence-electron chi connectivity index (χ1n) is 8.46. The van der Waals surface area contributed by atoms with Gasteiger partial charge in [-0.1, -0.05) is 6.08 Å². The Kier molecular flexibility index (Phi) is 6.37. The molecule has 0 aromatic rings. The van der Waals surface area contributed by atoms with Crippen molar-refractivity contribution in [3.63, 3.8) is 0 Å². The van der Waals surface area contributed by atoms with Gasteiger partial charge >= 0.3 is 17.9 Å². The zero-order valence-electron chi connectivity index (χ0n) is 15.4. The smallest absolute Gasteiger partial charge is 0.337 e. The summed E-state index contributed by atoms with van der Waals surface area (Å²) in [5.41, 5.74) is 2.26. The third-order valence-electron chi connectivity index (χ3n) is 4.48. The van der Waals surface area contributed by atoms with Gasteiger partial charge in [-0.3, -0.25) is 9.59 Å². The van der Waals surface area contributed by atoms with Crippen molar-refractivity contribution >= 4 is 17.9 Å². The predicted octanol–water partition coefficient (Wildman–Crippen LogP) is 1.75. The molecule has 0 bridgehead atoms. The zero-order valence-corrected chi connectivity index (χ0v) is 15.4. The molecule has 0 unspecified atom stereocenters. The van der Waals surface area contributed by atoms with Crippen molar-refractivity contribution in [1.82, 2.24) is 0 Å². The number of ether oxygens (including phenoxy) is 3. The molecule has 2 rings (SSSR count). The maximum atomic E-state index is 12.1. The number of fused-ring (bicyclic) bond motifs is 1. The molecule has 0 saturated heterocycles. The highest BCUT2D eigenvalue weighted by molar-refractivity contribution is 5.93. The van der Waals surface area contributed by atoms with Crippen LogP contribution in [0.5, 0.6) is 0 Å². The lowest BCUT2D eigenvalue weighted by atomic mass is 9.91. The molecule has 7 nitrogen and oxygen atoms in total. The first-order valence-corrected chi connectivity index (χ1v) is 8.46. The topological polar surface area (TPSA) is 99.1 Å². The predicted molar refractivity (Wildman–Crippen MR) is 91.8 cm³/mol. The quantitative estimate of drug-likeness (QED) is 0.463. The minimum atomic E-state index is -0.688. The van der Waals surface area contributed by atoms with Crippen molar-refractivity contribution in [1.29, 1.82) is 0 Å². The van der Waals surface area contributed by atoms with Crippen LogP contribution >= 0.6 is 0 Å². The molecule has 2 aliphatic rings. The van der Waals surface area contributed by atoms with E-state index in [0.29, 0.717) is 12.0 Å². The molecule has 0 aromatic heterocycles. The van der Waals surface area contributed by atoms with Gasteiger partial charge in [-0.15, -0.1) is 0 Å². The second-order valence-electron chi connectivity index (χ2n) is 6.48. The summed E-state index contributed by atoms with van der Waals surface area (Å²) in [6, 6.07) is 0. The first-order chi connectivity index (χ1) is 12.2. The second-order valence-corrected chi connectivity index (χ2v) is 6.48. The summed E-state index contributed by atoms with van der Waals surface area (Å²) in [6.45, 7) is 5.79. The highest BCUT2D eigenvalue weighted by Gasteiger charge is 2.35. The van der Waals surface area contributed by atoms with Crippen LogP contribution in [0.25, 0.3) is 0 Å². The van der Waals surface area contributed by atoms with E-state index >= 15 is 0 Å². The minimum absolute atomic E-state index is 0.175. The summed E-state index contributed by atoms with van der Waals surface area (Å²) in [6.07, 6.45) is 2.43. The zero-order chi connectivity index (χ0) is 19.4. The minimum Gasteiger partial charge on any atom is -0.458 e. The van der Waals surface area contributed by atoms with Crippen LogP contribution in [0.2, 0.25) is 0 Å². The fourth-order valence-corrected chi connectivity index (χ4v) is 3.09. The van der Waals surface area contributed by atoms with Crippen molar-refractivity contribution < 1.29 is 33.7 Å². The first kappa shape index (κ1) is 19.9. The van der Waals surface area contributed by atoms with E-state index in [9.17, 15) is 19.5 Å². The van der Waals surface area contributed by atoms with Gasteiger partial charge in [0.2, 0.25) is 0 Å². The maximum absolute atomic E-state index is 12.1. The van der Waals surface area contributed by atoms with E-state index in [1.807, 2.05) is 13.0 Å². The van der Waals surface area contributed by atoms with E-state index in [-0.39, 0.29) is 12.0 Å². The van der Waals surface area contributed by atoms with E-state index in [0.717, 1.165) is 11.1 Å². The molecule has 1 aliphatic heterocycles. The summed E-state index contributed by atoms with van der Waals surface area (Å²) in [5, 5.41) is 9.56. The number of rotatable bonds is 3. The molecule has 7 heteroatoms. The van der Waals surface area contributed by atoms with E-state index in [1.54, 1.807) is 13.0 Å². The average Bonchev–Trinajstić information content (AvgIpc) is 2.83. The van der Waals surface area contributed by atoms with Crippen LogP contribution in [0.15, 0.2) is 34.4 Å². The summed E-state index contributed by atoms with van der Waals surface area (Å²) in [5.74, 6) is -1.46. The van der Waals surface area contributed by atoms with Gasteiger partial charge < -0.3 is 19.3 Å². The number of hydrogen-bond donors (Lipinski definition) is 1. The van der Waals surface area contributed by atoms with E-state index < -0.39 is 42.8 Å². The SMILES string of the molecule is CC(=O)O[C@H]1C/C=C(\C)[C@@H](OC(C)=O)CC2=C(CO)C(=O)O[C@@H]2C=C1C. The normalized spacial score (nSPS) is 28.3. The molecule has 26 heavy (non-hydrogen) atoms. The Morgan fingerprint density at radius 3 is 2.35 bits per heavy atom. The molecule has 1 heterocycles. The number of hydrogen-bond acceptors (Lipinski definition) is 7. The molecule has 3 atom stereocenters. The van der Waals surface area contributed by atoms with Crippen LogP contribution in [-0.4, -0.2) is 47.9 Å². The molecule has 1 N–H and O–H groups in total. The lowest BCUT2D eigenvalue weighted by Gasteiger charge is -2.24. The molecule has 0 radical (unpaired) electrons. The lowest BCUT2D eigenvalue weighted by molar-refractivity contribution is -0.145. The Labute approximate surface area is 152 Å². The van der Waals surface area contributed by atoms with Crippen LogP contribution in [-0.2, 0) is 28.6 Å². The molecule has 0 saturated carbocycles. The number of carbonyl (C=O) groups excluding carboxylic acids is 3. The van der Waals surface area contributed by atoms with Crippen molar-refractivity contribution in [2.75, 3.05) is 6.61 Å². The number of aliphatic hydroxyl groups is 1. The molecule has 142 valence electrons. The van der Waals surface area contributed by atoms with Crippen molar-refractivity contribution in [3.05, 3.63) is 34.4 Å². The number of esters is 3. The Balaban J connectivity index is 2.50. The molecular formula is C19H24O7. The third kappa shape index (κ3) is 4.60. The maximum Gasteiger partial charge on any atom is 0.337 e. The van der Waals surface area contributed by atoms with E-state index in [1.165, 1.54) is 13.8 Å². The van der Waals surface area contributed by atoms with Crippen LogP contribution in [0, 0.1) is 0 Å². The summed E-state index contributed by atoms with van der Waals surface area (Å²) >= 11 is 0. The Morgan fingerprint density at radius 1 is 1.15 bits per heavy atom. The van der Waals surface area contributed by atoms with Gasteiger partial charge in [0.15, 0.2) is 0 Å². The highest BCUT2D eigenvalue weighted by atomic mass is 16.6. The van der Waals surface area contributed by atoms with Crippen LogP contribution in [0.1, 0.15) is 40.5 Å². The Hall–Kier alpha value is -2.41. The Bertz CT molecular complexity index is 699. The average molecular weight is 364 g/mol. The highest BCUT2D eigenvalue weighted by Crippen LogP contribution is 2.32. The van der Waals surface area contributed by atoms with Gasteiger partial charge in [-0.25, -0.2) is 4.79 Å². The fraction of sp³-hybridized carbons (Fsp3) is 0.526. The number of aliphatic hydroxyl groups excluding tert-OH is 1. The molecule has 0 fully saturated rings. The van der Waals surface area contributed by atoms with Crippen LogP contribution in [0.4, 0.5) is 0 Å². The van der Waals surface area contributed by atoms with Crippen LogP contribution < -0.4 is 0 Å². The largest absolute Gasteiger partial charge is 0.458 e. The second kappa shape index (κ2) is 8.31. The van der Waals surface area contributed by atoms with Gasteiger partial charge in [0.1, 0.15) is 18.3 Å². The van der Waals surface area contributed by atoms with E-state index in [4.69, 9.17) is 14.2 Å². The molecule has 0 amide bonds. The van der Waals surface area contributed by atoms with Gasteiger partial charge in [-0.2, -0.15) is 0 Å². The van der Waals surface area contributed by atoms with Crippen molar-refractivity contribution in [2.45, 2.75) is 58.8 Å². The van der Waals surface area contributed by atoms with Gasteiger partial charge in [0, 0.05) is 26.7 Å². The van der Waals surface area contributed by atoms with Gasteiger partial charge in [0.05, 0.1) is 12.2 Å². The van der Waals surface area contributed by atoms with Gasteiger partial charge in [0.25, 0.3) is 0 Å². The fourth-order valence-electron chi connectivity index (χ4n) is 3.09. The molecular weight excluding hydrogens is 340 g/mol. The van der Waals surface area contributed by atoms with Crippen LogP contribution in [0.3, 0.4) is 0 Å². The molecule has 1 aliphatic carbocycles. The van der Waals surface area contributed by atoms with E-state index in [2.05, 4.69) is 0 Å². The van der Waals surface area contributed by atoms with Crippen molar-refractivity contribution in [3.8, 4) is 0 Å². The molecule has 0 aromatic carbocycles. The summed E-state index contributed by atoms with van der Waals surface area (Å²) in [7, 11) is 0.